The summed E-state index contributed by atoms with van der Waals surface area (Å²) < 4.78 is 0. The van der Waals surface area contributed by atoms with Crippen molar-refractivity contribution in [1.82, 2.24) is 4.98 Å². The summed E-state index contributed by atoms with van der Waals surface area (Å²) in [6.45, 7) is 2.01. The quantitative estimate of drug-likeness (QED) is 0.616. The number of benzene rings is 1. The topological polar surface area (TPSA) is 30.0 Å². The lowest BCUT2D eigenvalue weighted by Gasteiger charge is -2.00. The van der Waals surface area contributed by atoms with E-state index in [9.17, 15) is 4.79 Å². The molecule has 1 heterocycles. The molecule has 0 aliphatic carbocycles. The summed E-state index contributed by atoms with van der Waals surface area (Å²) in [4.78, 5) is 14.7. The van der Waals surface area contributed by atoms with E-state index in [4.69, 9.17) is 0 Å². The highest BCUT2D eigenvalue weighted by Gasteiger charge is 1.98. The predicted molar refractivity (Wildman–Crippen MR) is 51.9 cm³/mol. The maximum Gasteiger partial charge on any atom is 0.150 e. The first-order valence-corrected chi connectivity index (χ1v) is 4.12. The molecule has 1 aromatic carbocycles. The Morgan fingerprint density at radius 3 is 2.92 bits per heavy atom. The molecule has 13 heavy (non-hydrogen) atoms. The SMILES string of the molecule is Cc1ccnc2ccc(C=O)cc12. The molecular weight excluding hydrogens is 162 g/mol. The molecule has 2 heteroatoms. The first-order valence-electron chi connectivity index (χ1n) is 4.12. The van der Waals surface area contributed by atoms with Gasteiger partial charge in [-0.15, -0.1) is 0 Å². The Morgan fingerprint density at radius 1 is 1.31 bits per heavy atom. The van der Waals surface area contributed by atoms with Crippen molar-refractivity contribution >= 4 is 17.2 Å². The molecule has 0 radical (unpaired) electrons. The fraction of sp³-hybridized carbons (Fsp3) is 0.0909. The van der Waals surface area contributed by atoms with Crippen LogP contribution >= 0.6 is 0 Å². The van der Waals surface area contributed by atoms with Crippen molar-refractivity contribution < 1.29 is 4.79 Å². The lowest BCUT2D eigenvalue weighted by Crippen LogP contribution is -1.85. The number of carbonyl (C=O) groups excluding carboxylic acids is 1. The van der Waals surface area contributed by atoms with Crippen molar-refractivity contribution in [2.75, 3.05) is 0 Å². The zero-order chi connectivity index (χ0) is 9.26. The van der Waals surface area contributed by atoms with Gasteiger partial charge in [0.1, 0.15) is 6.29 Å². The molecule has 2 rings (SSSR count). The van der Waals surface area contributed by atoms with Gasteiger partial charge >= 0.3 is 0 Å². The van der Waals surface area contributed by atoms with Crippen LogP contribution in [-0.2, 0) is 0 Å². The number of carbonyl (C=O) groups is 1. The van der Waals surface area contributed by atoms with E-state index in [-0.39, 0.29) is 0 Å². The summed E-state index contributed by atoms with van der Waals surface area (Å²) in [5.74, 6) is 0. The minimum atomic E-state index is 0.698. The summed E-state index contributed by atoms with van der Waals surface area (Å²) >= 11 is 0. The van der Waals surface area contributed by atoms with Gasteiger partial charge in [0.05, 0.1) is 5.52 Å². The molecule has 0 N–H and O–H groups in total. The van der Waals surface area contributed by atoms with Crippen LogP contribution in [0, 0.1) is 6.92 Å². The van der Waals surface area contributed by atoms with Gasteiger partial charge in [0.15, 0.2) is 0 Å². The Labute approximate surface area is 76.2 Å². The van der Waals surface area contributed by atoms with E-state index in [1.54, 1.807) is 12.3 Å². The summed E-state index contributed by atoms with van der Waals surface area (Å²) in [7, 11) is 0. The third-order valence-corrected chi connectivity index (χ3v) is 2.12. The number of rotatable bonds is 1. The van der Waals surface area contributed by atoms with Crippen molar-refractivity contribution in [2.24, 2.45) is 0 Å². The Balaban J connectivity index is 2.81. The second-order valence-electron chi connectivity index (χ2n) is 3.02. The monoisotopic (exact) mass is 171 g/mol. The minimum absolute atomic E-state index is 0.698. The average Bonchev–Trinajstić information content (AvgIpc) is 2.18. The van der Waals surface area contributed by atoms with Crippen molar-refractivity contribution in [1.29, 1.82) is 0 Å². The Hall–Kier alpha value is -1.70. The molecule has 0 saturated carbocycles. The zero-order valence-corrected chi connectivity index (χ0v) is 7.32. The number of hydrogen-bond acceptors (Lipinski definition) is 2. The van der Waals surface area contributed by atoms with E-state index >= 15 is 0 Å². The van der Waals surface area contributed by atoms with Gasteiger partial charge in [-0.2, -0.15) is 0 Å². The number of pyridine rings is 1. The van der Waals surface area contributed by atoms with Crippen molar-refractivity contribution in [2.45, 2.75) is 6.92 Å². The van der Waals surface area contributed by atoms with E-state index < -0.39 is 0 Å². The number of aromatic nitrogens is 1. The van der Waals surface area contributed by atoms with E-state index in [1.807, 2.05) is 25.1 Å². The lowest BCUT2D eigenvalue weighted by atomic mass is 10.1. The lowest BCUT2D eigenvalue weighted by molar-refractivity contribution is 0.112. The maximum absolute atomic E-state index is 10.5. The Kier molecular flexibility index (Phi) is 1.81. The molecule has 2 nitrogen and oxygen atoms in total. The molecule has 0 amide bonds. The molecule has 64 valence electrons. The second-order valence-corrected chi connectivity index (χ2v) is 3.02. The van der Waals surface area contributed by atoms with E-state index in [2.05, 4.69) is 4.98 Å². The maximum atomic E-state index is 10.5. The molecule has 0 spiro atoms. The van der Waals surface area contributed by atoms with Crippen LogP contribution in [0.25, 0.3) is 10.9 Å². The van der Waals surface area contributed by atoms with Gasteiger partial charge in [0, 0.05) is 17.1 Å². The van der Waals surface area contributed by atoms with Crippen LogP contribution in [0.15, 0.2) is 30.5 Å². The standard InChI is InChI=1S/C11H9NO/c1-8-4-5-12-11-3-2-9(7-13)6-10(8)11/h2-7H,1H3. The fourth-order valence-electron chi connectivity index (χ4n) is 1.37. The van der Waals surface area contributed by atoms with Crippen LogP contribution < -0.4 is 0 Å². The normalized spacial score (nSPS) is 10.2. The van der Waals surface area contributed by atoms with Crippen LogP contribution in [0.5, 0.6) is 0 Å². The van der Waals surface area contributed by atoms with Gasteiger partial charge in [-0.1, -0.05) is 0 Å². The molecule has 0 fully saturated rings. The predicted octanol–water partition coefficient (Wildman–Crippen LogP) is 2.36. The molecular formula is C11H9NO. The average molecular weight is 171 g/mol. The number of hydrogen-bond donors (Lipinski definition) is 0. The van der Waals surface area contributed by atoms with E-state index in [1.165, 1.54) is 0 Å². The van der Waals surface area contributed by atoms with Crippen molar-refractivity contribution in [3.63, 3.8) is 0 Å². The molecule has 0 saturated heterocycles. The molecule has 2 aromatic rings. The van der Waals surface area contributed by atoms with E-state index in [0.717, 1.165) is 22.8 Å². The van der Waals surface area contributed by atoms with Crippen LogP contribution in [-0.4, -0.2) is 11.3 Å². The number of nitrogens with zero attached hydrogens (tertiary/aromatic N) is 1. The van der Waals surface area contributed by atoms with Gasteiger partial charge in [0.2, 0.25) is 0 Å². The van der Waals surface area contributed by atoms with Gasteiger partial charge in [-0.25, -0.2) is 0 Å². The van der Waals surface area contributed by atoms with E-state index in [0.29, 0.717) is 5.56 Å². The van der Waals surface area contributed by atoms with Gasteiger partial charge in [-0.05, 0) is 36.8 Å². The van der Waals surface area contributed by atoms with Crippen LogP contribution in [0.1, 0.15) is 15.9 Å². The highest BCUT2D eigenvalue weighted by Crippen LogP contribution is 2.16. The zero-order valence-electron chi connectivity index (χ0n) is 7.32. The summed E-state index contributed by atoms with van der Waals surface area (Å²) in [5, 5.41) is 1.05. The highest BCUT2D eigenvalue weighted by molar-refractivity contribution is 5.88. The van der Waals surface area contributed by atoms with Gasteiger partial charge < -0.3 is 0 Å². The summed E-state index contributed by atoms with van der Waals surface area (Å²) in [5.41, 5.74) is 2.78. The molecule has 1 aromatic heterocycles. The first kappa shape index (κ1) is 7.92. The molecule has 0 aliphatic rings. The number of aryl methyl sites for hydroxylation is 1. The smallest absolute Gasteiger partial charge is 0.150 e. The van der Waals surface area contributed by atoms with Gasteiger partial charge in [-0.3, -0.25) is 9.78 Å². The van der Waals surface area contributed by atoms with Crippen molar-refractivity contribution in [3.8, 4) is 0 Å². The summed E-state index contributed by atoms with van der Waals surface area (Å²) in [6.07, 6.45) is 2.63. The number of fused-ring (bicyclic) bond motifs is 1. The summed E-state index contributed by atoms with van der Waals surface area (Å²) in [6, 6.07) is 7.45. The highest BCUT2D eigenvalue weighted by atomic mass is 16.1. The minimum Gasteiger partial charge on any atom is -0.298 e. The number of aldehydes is 1. The fourth-order valence-corrected chi connectivity index (χ4v) is 1.37. The Bertz CT molecular complexity index is 463. The van der Waals surface area contributed by atoms with Crippen LogP contribution in [0.2, 0.25) is 0 Å². The second kappa shape index (κ2) is 2.98. The van der Waals surface area contributed by atoms with Gasteiger partial charge in [0.25, 0.3) is 0 Å². The molecule has 0 aliphatic heterocycles. The third-order valence-electron chi connectivity index (χ3n) is 2.12. The van der Waals surface area contributed by atoms with Crippen LogP contribution in [0.4, 0.5) is 0 Å². The third kappa shape index (κ3) is 1.31. The molecule has 0 atom stereocenters. The van der Waals surface area contributed by atoms with Crippen LogP contribution in [0.3, 0.4) is 0 Å². The largest absolute Gasteiger partial charge is 0.298 e. The van der Waals surface area contributed by atoms with Crippen molar-refractivity contribution in [3.05, 3.63) is 41.6 Å². The molecule has 0 bridgehead atoms. The first-order chi connectivity index (χ1) is 6.31. The molecule has 0 unspecified atom stereocenters. The Morgan fingerprint density at radius 2 is 2.15 bits per heavy atom.